The summed E-state index contributed by atoms with van der Waals surface area (Å²) in [5.74, 6) is -0.650. The molecule has 1 aliphatic rings. The van der Waals surface area contributed by atoms with Gasteiger partial charge in [0.25, 0.3) is 0 Å². The molecular formula is C15H26NO5. The first-order valence-electron chi connectivity index (χ1n) is 7.33. The van der Waals surface area contributed by atoms with Crippen LogP contribution in [0.3, 0.4) is 0 Å². The van der Waals surface area contributed by atoms with Gasteiger partial charge < -0.3 is 14.8 Å². The SMILES string of the molecule is CC(C)[C@H](NC(=O)OC(C)(C)C)C(=O)OCC1(C[O])CC1. The van der Waals surface area contributed by atoms with Crippen molar-refractivity contribution in [1.29, 1.82) is 0 Å². The van der Waals surface area contributed by atoms with Crippen molar-refractivity contribution < 1.29 is 24.2 Å². The zero-order chi connectivity index (χ0) is 16.3. The number of esters is 1. The number of carbonyl (C=O) groups is 2. The Bertz CT molecular complexity index is 382. The Morgan fingerprint density at radius 3 is 2.19 bits per heavy atom. The van der Waals surface area contributed by atoms with E-state index in [-0.39, 0.29) is 24.5 Å². The fraction of sp³-hybridized carbons (Fsp3) is 0.867. The second kappa shape index (κ2) is 6.64. The Kier molecular flexibility index (Phi) is 5.61. The second-order valence-corrected chi connectivity index (χ2v) is 7.12. The highest BCUT2D eigenvalue weighted by atomic mass is 16.6. The molecule has 1 N–H and O–H groups in total. The van der Waals surface area contributed by atoms with Crippen molar-refractivity contribution in [2.75, 3.05) is 13.2 Å². The third-order valence-corrected chi connectivity index (χ3v) is 3.38. The first-order valence-corrected chi connectivity index (χ1v) is 7.33. The van der Waals surface area contributed by atoms with Crippen LogP contribution in [0.1, 0.15) is 47.5 Å². The maximum atomic E-state index is 12.1. The Morgan fingerprint density at radius 2 is 1.81 bits per heavy atom. The number of alkyl carbamates (subject to hydrolysis) is 1. The maximum Gasteiger partial charge on any atom is 0.408 e. The molecule has 1 amide bonds. The van der Waals surface area contributed by atoms with Crippen LogP contribution in [0.5, 0.6) is 0 Å². The molecule has 0 aromatic heterocycles. The van der Waals surface area contributed by atoms with Gasteiger partial charge in [-0.1, -0.05) is 13.8 Å². The first-order chi connectivity index (χ1) is 9.58. The minimum absolute atomic E-state index is 0.132. The Balaban J connectivity index is 2.52. The van der Waals surface area contributed by atoms with Crippen molar-refractivity contribution >= 4 is 12.1 Å². The smallest absolute Gasteiger partial charge is 0.408 e. The van der Waals surface area contributed by atoms with E-state index in [2.05, 4.69) is 5.32 Å². The minimum atomic E-state index is -0.776. The molecule has 1 fully saturated rings. The molecule has 0 heterocycles. The molecule has 1 saturated carbocycles. The van der Waals surface area contributed by atoms with E-state index < -0.39 is 23.7 Å². The summed E-state index contributed by atoms with van der Waals surface area (Å²) in [5, 5.41) is 13.5. The van der Waals surface area contributed by atoms with Gasteiger partial charge in [0.15, 0.2) is 0 Å². The number of hydrogen-bond donors (Lipinski definition) is 1. The fourth-order valence-electron chi connectivity index (χ4n) is 1.75. The van der Waals surface area contributed by atoms with Crippen LogP contribution in [0.2, 0.25) is 0 Å². The molecule has 1 aliphatic carbocycles. The Morgan fingerprint density at radius 1 is 1.24 bits per heavy atom. The molecule has 1 radical (unpaired) electrons. The molecule has 21 heavy (non-hydrogen) atoms. The Labute approximate surface area is 126 Å². The number of nitrogens with one attached hydrogen (secondary N) is 1. The number of amides is 1. The summed E-state index contributed by atoms with van der Waals surface area (Å²) >= 11 is 0. The molecule has 6 nitrogen and oxygen atoms in total. The topological polar surface area (TPSA) is 84.5 Å². The standard InChI is InChI=1S/C15H26NO5/c1-10(2)11(16-13(19)21-14(3,4)5)12(18)20-9-15(8-17)6-7-15/h10-11H,6-9H2,1-5H3,(H,16,19)/t11-/m0/s1. The number of carbonyl (C=O) groups excluding carboxylic acids is 2. The van der Waals surface area contributed by atoms with Crippen LogP contribution >= 0.6 is 0 Å². The highest BCUT2D eigenvalue weighted by Crippen LogP contribution is 2.45. The molecule has 0 unspecified atom stereocenters. The molecule has 0 aromatic rings. The highest BCUT2D eigenvalue weighted by Gasteiger charge is 2.44. The van der Waals surface area contributed by atoms with E-state index in [1.807, 2.05) is 13.8 Å². The van der Waals surface area contributed by atoms with Gasteiger partial charge in [-0.25, -0.2) is 14.7 Å². The van der Waals surface area contributed by atoms with E-state index in [4.69, 9.17) is 9.47 Å². The summed E-state index contributed by atoms with van der Waals surface area (Å²) in [7, 11) is 0. The van der Waals surface area contributed by atoms with Crippen molar-refractivity contribution in [3.05, 3.63) is 0 Å². The third kappa shape index (κ3) is 5.91. The van der Waals surface area contributed by atoms with Gasteiger partial charge in [0.2, 0.25) is 0 Å². The van der Waals surface area contributed by atoms with Gasteiger partial charge >= 0.3 is 12.1 Å². The van der Waals surface area contributed by atoms with Crippen LogP contribution in [0.4, 0.5) is 4.79 Å². The molecule has 0 bridgehead atoms. The molecule has 1 atom stereocenters. The van der Waals surface area contributed by atoms with E-state index in [9.17, 15) is 14.7 Å². The third-order valence-electron chi connectivity index (χ3n) is 3.38. The van der Waals surface area contributed by atoms with Crippen LogP contribution in [-0.2, 0) is 19.4 Å². The lowest BCUT2D eigenvalue weighted by Crippen LogP contribution is -2.47. The summed E-state index contributed by atoms with van der Waals surface area (Å²) < 4.78 is 10.3. The number of hydrogen-bond acceptors (Lipinski definition) is 4. The minimum Gasteiger partial charge on any atom is -0.463 e. The average Bonchev–Trinajstić information content (AvgIpc) is 3.11. The van der Waals surface area contributed by atoms with Crippen molar-refractivity contribution in [3.8, 4) is 0 Å². The zero-order valence-corrected chi connectivity index (χ0v) is 13.5. The van der Waals surface area contributed by atoms with Gasteiger partial charge in [-0.2, -0.15) is 0 Å². The van der Waals surface area contributed by atoms with Crippen LogP contribution in [0, 0.1) is 11.3 Å². The number of rotatable bonds is 6. The van der Waals surface area contributed by atoms with Crippen LogP contribution < -0.4 is 5.32 Å². The fourth-order valence-corrected chi connectivity index (χ4v) is 1.75. The van der Waals surface area contributed by atoms with Crippen molar-refractivity contribution in [2.24, 2.45) is 11.3 Å². The molecule has 121 valence electrons. The molecule has 0 aliphatic heterocycles. The molecule has 6 heteroatoms. The summed E-state index contributed by atoms with van der Waals surface area (Å²) in [4.78, 5) is 23.8. The van der Waals surface area contributed by atoms with Gasteiger partial charge in [0.1, 0.15) is 11.6 Å². The van der Waals surface area contributed by atoms with Crippen molar-refractivity contribution in [2.45, 2.75) is 59.1 Å². The molecular weight excluding hydrogens is 274 g/mol. The lowest BCUT2D eigenvalue weighted by molar-refractivity contribution is -0.150. The maximum absolute atomic E-state index is 12.1. The van der Waals surface area contributed by atoms with Crippen LogP contribution in [0.25, 0.3) is 0 Å². The largest absolute Gasteiger partial charge is 0.463 e. The van der Waals surface area contributed by atoms with E-state index in [0.717, 1.165) is 12.8 Å². The first kappa shape index (κ1) is 17.8. The molecule has 1 rings (SSSR count). The molecule has 0 saturated heterocycles. The Hall–Kier alpha value is -1.30. The summed E-state index contributed by atoms with van der Waals surface area (Å²) in [5.41, 5.74) is -1.00. The summed E-state index contributed by atoms with van der Waals surface area (Å²) in [6.07, 6.45) is 0.953. The highest BCUT2D eigenvalue weighted by molar-refractivity contribution is 5.81. The molecule has 0 spiro atoms. The van der Waals surface area contributed by atoms with E-state index >= 15 is 0 Å². The van der Waals surface area contributed by atoms with Crippen LogP contribution in [0.15, 0.2) is 0 Å². The van der Waals surface area contributed by atoms with Gasteiger partial charge in [0, 0.05) is 5.41 Å². The summed E-state index contributed by atoms with van der Waals surface area (Å²) in [6, 6.07) is -0.776. The van der Waals surface area contributed by atoms with Crippen molar-refractivity contribution in [3.63, 3.8) is 0 Å². The normalized spacial score (nSPS) is 18.0. The molecule has 0 aromatic carbocycles. The monoisotopic (exact) mass is 300 g/mol. The second-order valence-electron chi connectivity index (χ2n) is 7.12. The van der Waals surface area contributed by atoms with E-state index in [1.54, 1.807) is 20.8 Å². The van der Waals surface area contributed by atoms with E-state index in [0.29, 0.717) is 0 Å². The van der Waals surface area contributed by atoms with Gasteiger partial charge in [-0.3, -0.25) is 0 Å². The van der Waals surface area contributed by atoms with Gasteiger partial charge in [0.05, 0.1) is 13.2 Å². The summed E-state index contributed by atoms with van der Waals surface area (Å²) in [6.45, 7) is 8.77. The average molecular weight is 300 g/mol. The predicted molar refractivity (Wildman–Crippen MR) is 76.2 cm³/mol. The van der Waals surface area contributed by atoms with Crippen LogP contribution in [-0.4, -0.2) is 36.9 Å². The predicted octanol–water partition coefficient (Wildman–Crippen LogP) is 2.29. The van der Waals surface area contributed by atoms with Gasteiger partial charge in [-0.05, 0) is 39.5 Å². The van der Waals surface area contributed by atoms with Gasteiger partial charge in [-0.15, -0.1) is 0 Å². The quantitative estimate of drug-likeness (QED) is 0.763. The lowest BCUT2D eigenvalue weighted by Gasteiger charge is -2.25. The number of ether oxygens (including phenoxy) is 2. The van der Waals surface area contributed by atoms with E-state index in [1.165, 1.54) is 0 Å². The zero-order valence-electron chi connectivity index (χ0n) is 13.5. The van der Waals surface area contributed by atoms with Crippen molar-refractivity contribution in [1.82, 2.24) is 5.32 Å². The lowest BCUT2D eigenvalue weighted by atomic mass is 10.0.